The van der Waals surface area contributed by atoms with Crippen molar-refractivity contribution in [3.8, 4) is 11.5 Å². The molecule has 162 valence electrons. The van der Waals surface area contributed by atoms with Crippen LogP contribution >= 0.6 is 0 Å². The molecule has 2 atom stereocenters. The molecular weight excluding hydrogens is 370 g/mol. The average molecular weight is 406 g/mol. The zero-order valence-electron chi connectivity index (χ0n) is 18.3. The van der Waals surface area contributed by atoms with Crippen molar-refractivity contribution in [3.05, 3.63) is 23.8 Å². The van der Waals surface area contributed by atoms with Crippen molar-refractivity contribution in [2.45, 2.75) is 52.1 Å². The van der Waals surface area contributed by atoms with Crippen LogP contribution < -0.4 is 20.1 Å². The highest BCUT2D eigenvalue weighted by molar-refractivity contribution is 5.98. The van der Waals surface area contributed by atoms with Gasteiger partial charge in [0.05, 0.1) is 14.2 Å². The van der Waals surface area contributed by atoms with Crippen molar-refractivity contribution < 1.29 is 19.1 Å². The molecule has 0 spiro atoms. The summed E-state index contributed by atoms with van der Waals surface area (Å²) in [5.74, 6) is 0.523. The van der Waals surface area contributed by atoms with Gasteiger partial charge in [0.25, 0.3) is 5.91 Å². The number of nitrogens with one attached hydrogen (secondary N) is 2. The monoisotopic (exact) mass is 405 g/mol. The standard InChI is InChI=1S/C22H35N3O4/c1-6-17(25-9-7-8-10-25)14-23-22(27)20(15(2)3)24-21(26)16-11-18(28-4)13-19(12-16)29-5/h11-13,15,17,20H,6-10,14H2,1-5H3,(H,23,27)(H,24,26). The van der Waals surface area contributed by atoms with E-state index in [1.807, 2.05) is 13.8 Å². The highest BCUT2D eigenvalue weighted by Crippen LogP contribution is 2.22. The van der Waals surface area contributed by atoms with E-state index in [0.717, 1.165) is 19.5 Å². The van der Waals surface area contributed by atoms with Crippen molar-refractivity contribution in [1.29, 1.82) is 0 Å². The normalized spacial score (nSPS) is 16.3. The second-order valence-electron chi connectivity index (χ2n) is 7.85. The number of carbonyl (C=O) groups excluding carboxylic acids is 2. The molecular formula is C22H35N3O4. The van der Waals surface area contributed by atoms with Crippen LogP contribution in [0.2, 0.25) is 0 Å². The summed E-state index contributed by atoms with van der Waals surface area (Å²) in [5.41, 5.74) is 0.392. The Morgan fingerprint density at radius 3 is 2.14 bits per heavy atom. The maximum atomic E-state index is 12.8. The number of benzene rings is 1. The van der Waals surface area contributed by atoms with Gasteiger partial charge >= 0.3 is 0 Å². The lowest BCUT2D eigenvalue weighted by atomic mass is 10.0. The van der Waals surface area contributed by atoms with E-state index in [2.05, 4.69) is 22.5 Å². The first kappa shape index (κ1) is 23.0. The Morgan fingerprint density at radius 2 is 1.66 bits per heavy atom. The summed E-state index contributed by atoms with van der Waals surface area (Å²) in [6.45, 7) is 8.78. The van der Waals surface area contributed by atoms with Gasteiger partial charge in [-0.25, -0.2) is 0 Å². The molecule has 1 heterocycles. The van der Waals surface area contributed by atoms with E-state index in [1.165, 1.54) is 27.1 Å². The summed E-state index contributed by atoms with van der Waals surface area (Å²) in [4.78, 5) is 28.1. The summed E-state index contributed by atoms with van der Waals surface area (Å²) in [7, 11) is 3.07. The predicted octanol–water partition coefficient (Wildman–Crippen LogP) is 2.45. The third kappa shape index (κ3) is 6.35. The van der Waals surface area contributed by atoms with Crippen molar-refractivity contribution in [2.24, 2.45) is 5.92 Å². The second-order valence-corrected chi connectivity index (χ2v) is 7.85. The molecule has 1 saturated heterocycles. The van der Waals surface area contributed by atoms with E-state index < -0.39 is 6.04 Å². The fourth-order valence-corrected chi connectivity index (χ4v) is 3.66. The number of nitrogens with zero attached hydrogens (tertiary/aromatic N) is 1. The molecule has 7 heteroatoms. The molecule has 0 aromatic heterocycles. The molecule has 1 aliphatic heterocycles. The Labute approximate surface area is 174 Å². The molecule has 1 aromatic carbocycles. The first-order valence-corrected chi connectivity index (χ1v) is 10.4. The molecule has 1 fully saturated rings. The number of rotatable bonds is 10. The molecule has 2 N–H and O–H groups in total. The summed E-state index contributed by atoms with van der Waals surface area (Å²) < 4.78 is 10.5. The summed E-state index contributed by atoms with van der Waals surface area (Å²) in [6.07, 6.45) is 3.43. The molecule has 0 bridgehead atoms. The topological polar surface area (TPSA) is 79.9 Å². The van der Waals surface area contributed by atoms with Gasteiger partial charge in [-0.15, -0.1) is 0 Å². The molecule has 0 aliphatic carbocycles. The van der Waals surface area contributed by atoms with Gasteiger partial charge in [-0.2, -0.15) is 0 Å². The van der Waals surface area contributed by atoms with Crippen LogP contribution in [0.15, 0.2) is 18.2 Å². The molecule has 2 rings (SSSR count). The van der Waals surface area contributed by atoms with Gasteiger partial charge in [0.2, 0.25) is 5.91 Å². The number of ether oxygens (including phenoxy) is 2. The number of hydrogen-bond acceptors (Lipinski definition) is 5. The van der Waals surface area contributed by atoms with E-state index in [1.54, 1.807) is 18.2 Å². The Morgan fingerprint density at radius 1 is 1.07 bits per heavy atom. The van der Waals surface area contributed by atoms with Crippen LogP contribution in [0.1, 0.15) is 50.4 Å². The van der Waals surface area contributed by atoms with Crippen molar-refractivity contribution in [3.63, 3.8) is 0 Å². The van der Waals surface area contributed by atoms with Gasteiger partial charge < -0.3 is 20.1 Å². The minimum absolute atomic E-state index is 0.0432. The molecule has 7 nitrogen and oxygen atoms in total. The molecule has 2 amide bonds. The number of carbonyl (C=O) groups is 2. The van der Waals surface area contributed by atoms with Gasteiger partial charge in [0.1, 0.15) is 17.5 Å². The Kier molecular flexibility index (Phi) is 8.76. The summed E-state index contributed by atoms with van der Waals surface area (Å²) >= 11 is 0. The van der Waals surface area contributed by atoms with Crippen LogP contribution in [0.25, 0.3) is 0 Å². The minimum atomic E-state index is -0.615. The highest BCUT2D eigenvalue weighted by atomic mass is 16.5. The average Bonchev–Trinajstić information content (AvgIpc) is 3.26. The fraction of sp³-hybridized carbons (Fsp3) is 0.636. The number of likely N-dealkylation sites (tertiary alicyclic amines) is 1. The molecule has 29 heavy (non-hydrogen) atoms. The third-order valence-electron chi connectivity index (χ3n) is 5.49. The number of methoxy groups -OCH3 is 2. The zero-order valence-corrected chi connectivity index (χ0v) is 18.3. The number of amides is 2. The Hall–Kier alpha value is -2.28. The number of hydrogen-bond donors (Lipinski definition) is 2. The lowest BCUT2D eigenvalue weighted by Gasteiger charge is -2.28. The lowest BCUT2D eigenvalue weighted by molar-refractivity contribution is -0.124. The van der Waals surface area contributed by atoms with E-state index >= 15 is 0 Å². The van der Waals surface area contributed by atoms with Crippen molar-refractivity contribution in [1.82, 2.24) is 15.5 Å². The van der Waals surface area contributed by atoms with Crippen LogP contribution in [-0.4, -0.2) is 62.7 Å². The van der Waals surface area contributed by atoms with Crippen LogP contribution in [0, 0.1) is 5.92 Å². The molecule has 2 unspecified atom stereocenters. The van der Waals surface area contributed by atoms with Crippen LogP contribution in [0.3, 0.4) is 0 Å². The first-order valence-electron chi connectivity index (χ1n) is 10.4. The maximum Gasteiger partial charge on any atom is 0.252 e. The van der Waals surface area contributed by atoms with E-state index in [4.69, 9.17) is 9.47 Å². The largest absolute Gasteiger partial charge is 0.497 e. The minimum Gasteiger partial charge on any atom is -0.497 e. The van der Waals surface area contributed by atoms with Gasteiger partial charge in [-0.3, -0.25) is 14.5 Å². The highest BCUT2D eigenvalue weighted by Gasteiger charge is 2.27. The predicted molar refractivity (Wildman–Crippen MR) is 114 cm³/mol. The zero-order chi connectivity index (χ0) is 21.4. The summed E-state index contributed by atoms with van der Waals surface area (Å²) in [6, 6.07) is 4.69. The lowest BCUT2D eigenvalue weighted by Crippen LogP contribution is -2.52. The molecule has 1 aliphatic rings. The van der Waals surface area contributed by atoms with Crippen molar-refractivity contribution >= 4 is 11.8 Å². The van der Waals surface area contributed by atoms with Crippen LogP contribution in [-0.2, 0) is 4.79 Å². The smallest absolute Gasteiger partial charge is 0.252 e. The van der Waals surface area contributed by atoms with E-state index in [-0.39, 0.29) is 17.7 Å². The van der Waals surface area contributed by atoms with E-state index in [9.17, 15) is 9.59 Å². The van der Waals surface area contributed by atoms with Crippen molar-refractivity contribution in [2.75, 3.05) is 33.9 Å². The van der Waals surface area contributed by atoms with Gasteiger partial charge in [-0.05, 0) is 50.4 Å². The second kappa shape index (κ2) is 11.0. The molecule has 0 radical (unpaired) electrons. The Balaban J connectivity index is 2.03. The first-order chi connectivity index (χ1) is 13.9. The third-order valence-corrected chi connectivity index (χ3v) is 5.49. The van der Waals surface area contributed by atoms with Crippen LogP contribution in [0.5, 0.6) is 11.5 Å². The molecule has 0 saturated carbocycles. The van der Waals surface area contributed by atoms with Crippen LogP contribution in [0.4, 0.5) is 0 Å². The van der Waals surface area contributed by atoms with Gasteiger partial charge in [0, 0.05) is 24.2 Å². The van der Waals surface area contributed by atoms with E-state index in [0.29, 0.717) is 29.6 Å². The summed E-state index contributed by atoms with van der Waals surface area (Å²) in [5, 5.41) is 5.92. The fourth-order valence-electron chi connectivity index (χ4n) is 3.66. The maximum absolute atomic E-state index is 12.8. The molecule has 1 aromatic rings. The quantitative estimate of drug-likeness (QED) is 0.625. The SMILES string of the molecule is CCC(CNC(=O)C(NC(=O)c1cc(OC)cc(OC)c1)C(C)C)N1CCCC1. The Bertz CT molecular complexity index is 664. The van der Waals surface area contributed by atoms with Gasteiger partial charge in [0.15, 0.2) is 0 Å². The van der Waals surface area contributed by atoms with Gasteiger partial charge in [-0.1, -0.05) is 20.8 Å².